The van der Waals surface area contributed by atoms with Crippen LogP contribution in [-0.2, 0) is 11.8 Å². The molecule has 130 valence electrons. The van der Waals surface area contributed by atoms with Gasteiger partial charge in [-0.1, -0.05) is 18.2 Å². The summed E-state index contributed by atoms with van der Waals surface area (Å²) in [5.74, 6) is 0.524. The second-order valence-corrected chi connectivity index (χ2v) is 6.44. The van der Waals surface area contributed by atoms with Crippen molar-refractivity contribution in [3.63, 3.8) is 0 Å². The van der Waals surface area contributed by atoms with Gasteiger partial charge in [0.2, 0.25) is 0 Å². The minimum Gasteiger partial charge on any atom is -0.483 e. The lowest BCUT2D eigenvalue weighted by Gasteiger charge is -2.43. The van der Waals surface area contributed by atoms with Crippen LogP contribution >= 0.6 is 0 Å². The van der Waals surface area contributed by atoms with Crippen molar-refractivity contribution >= 4 is 16.6 Å². The Hall–Kier alpha value is -2.63. The first-order valence-corrected chi connectivity index (χ1v) is 8.11. The maximum Gasteiger partial charge on any atom is 0.416 e. The van der Waals surface area contributed by atoms with Gasteiger partial charge in [0.05, 0.1) is 11.3 Å². The van der Waals surface area contributed by atoms with Crippen LogP contribution in [-0.4, -0.2) is 4.98 Å². The van der Waals surface area contributed by atoms with E-state index in [0.29, 0.717) is 24.3 Å². The molecule has 0 aliphatic heterocycles. The molecule has 1 aromatic heterocycles. The van der Waals surface area contributed by atoms with E-state index in [1.54, 1.807) is 24.4 Å². The number of ether oxygens (including phenoxy) is 1. The van der Waals surface area contributed by atoms with Crippen molar-refractivity contribution in [2.24, 2.45) is 0 Å². The summed E-state index contributed by atoms with van der Waals surface area (Å²) in [6.07, 6.45) is -0.772. The number of H-pyrrole nitrogens is 1. The zero-order valence-electron chi connectivity index (χ0n) is 13.4. The molecule has 0 spiro atoms. The molecule has 0 saturated heterocycles. The molecular formula is C19H17F3N2O. The number of aromatic amines is 1. The van der Waals surface area contributed by atoms with Crippen molar-refractivity contribution in [3.05, 3.63) is 59.8 Å². The lowest BCUT2D eigenvalue weighted by atomic mass is 9.73. The predicted octanol–water partition coefficient (Wildman–Crippen LogP) is 5.23. The number of rotatable bonds is 3. The quantitative estimate of drug-likeness (QED) is 0.682. The van der Waals surface area contributed by atoms with Gasteiger partial charge in [0.25, 0.3) is 0 Å². The topological polar surface area (TPSA) is 51.0 Å². The van der Waals surface area contributed by atoms with E-state index in [4.69, 9.17) is 10.5 Å². The Labute approximate surface area is 142 Å². The van der Waals surface area contributed by atoms with E-state index in [-0.39, 0.29) is 5.56 Å². The van der Waals surface area contributed by atoms with Crippen LogP contribution in [0.25, 0.3) is 10.9 Å². The third-order valence-electron chi connectivity index (χ3n) is 4.88. The minimum atomic E-state index is -4.41. The number of fused-ring (bicyclic) bond motifs is 1. The summed E-state index contributed by atoms with van der Waals surface area (Å²) < 4.78 is 46.4. The zero-order chi connectivity index (χ0) is 17.7. The summed E-state index contributed by atoms with van der Waals surface area (Å²) in [7, 11) is 0. The number of hydrogen-bond donors (Lipinski definition) is 2. The van der Waals surface area contributed by atoms with Gasteiger partial charge >= 0.3 is 6.18 Å². The number of nitrogens with two attached hydrogens (primary N) is 1. The van der Waals surface area contributed by atoms with E-state index < -0.39 is 17.3 Å². The van der Waals surface area contributed by atoms with Gasteiger partial charge in [-0.3, -0.25) is 0 Å². The van der Waals surface area contributed by atoms with Crippen LogP contribution in [0.2, 0.25) is 0 Å². The SMILES string of the molecule is Nc1c[nH]c2ccc(OC3(c4ccccc4C(F)(F)F)CCC3)cc12. The lowest BCUT2D eigenvalue weighted by molar-refractivity contribution is -0.141. The average molecular weight is 346 g/mol. The summed E-state index contributed by atoms with van der Waals surface area (Å²) in [6, 6.07) is 11.0. The zero-order valence-corrected chi connectivity index (χ0v) is 13.4. The molecule has 1 aliphatic carbocycles. The molecule has 0 amide bonds. The average Bonchev–Trinajstić information content (AvgIpc) is 2.91. The van der Waals surface area contributed by atoms with Gasteiger partial charge in [-0.15, -0.1) is 0 Å². The van der Waals surface area contributed by atoms with E-state index in [0.717, 1.165) is 23.4 Å². The van der Waals surface area contributed by atoms with Crippen molar-refractivity contribution < 1.29 is 17.9 Å². The predicted molar refractivity (Wildman–Crippen MR) is 90.3 cm³/mol. The van der Waals surface area contributed by atoms with Crippen molar-refractivity contribution in [3.8, 4) is 5.75 Å². The van der Waals surface area contributed by atoms with Gasteiger partial charge in [-0.2, -0.15) is 13.2 Å². The highest BCUT2D eigenvalue weighted by Gasteiger charge is 2.47. The van der Waals surface area contributed by atoms with Crippen LogP contribution in [0.15, 0.2) is 48.7 Å². The largest absolute Gasteiger partial charge is 0.483 e. The van der Waals surface area contributed by atoms with Crippen molar-refractivity contribution in [1.29, 1.82) is 0 Å². The van der Waals surface area contributed by atoms with E-state index in [1.807, 2.05) is 6.07 Å². The van der Waals surface area contributed by atoms with Gasteiger partial charge in [-0.05, 0) is 43.5 Å². The highest BCUT2D eigenvalue weighted by molar-refractivity contribution is 5.92. The van der Waals surface area contributed by atoms with Crippen LogP contribution in [0.4, 0.5) is 18.9 Å². The molecule has 1 saturated carbocycles. The first-order valence-electron chi connectivity index (χ1n) is 8.11. The van der Waals surface area contributed by atoms with Gasteiger partial charge in [0.1, 0.15) is 11.4 Å². The summed E-state index contributed by atoms with van der Waals surface area (Å²) in [4.78, 5) is 3.04. The minimum absolute atomic E-state index is 0.205. The number of nitrogens with one attached hydrogen (secondary N) is 1. The van der Waals surface area contributed by atoms with Crippen molar-refractivity contribution in [2.75, 3.05) is 5.73 Å². The molecule has 4 rings (SSSR count). The molecule has 0 radical (unpaired) electrons. The van der Waals surface area contributed by atoms with Crippen LogP contribution in [0.3, 0.4) is 0 Å². The molecule has 6 heteroatoms. The fourth-order valence-corrected chi connectivity index (χ4v) is 3.46. The smallest absolute Gasteiger partial charge is 0.416 e. The fourth-order valence-electron chi connectivity index (χ4n) is 3.46. The van der Waals surface area contributed by atoms with Gasteiger partial charge in [0, 0.05) is 22.7 Å². The lowest BCUT2D eigenvalue weighted by Crippen LogP contribution is -2.41. The normalized spacial score (nSPS) is 16.6. The first kappa shape index (κ1) is 15.9. The van der Waals surface area contributed by atoms with E-state index in [2.05, 4.69) is 4.98 Å². The van der Waals surface area contributed by atoms with Gasteiger partial charge in [0.15, 0.2) is 0 Å². The Morgan fingerprint density at radius 1 is 1.08 bits per heavy atom. The molecule has 0 unspecified atom stereocenters. The molecule has 1 fully saturated rings. The molecule has 1 aliphatic rings. The van der Waals surface area contributed by atoms with Crippen LogP contribution < -0.4 is 10.5 Å². The fraction of sp³-hybridized carbons (Fsp3) is 0.263. The highest BCUT2D eigenvalue weighted by atomic mass is 19.4. The number of benzene rings is 2. The Morgan fingerprint density at radius 3 is 2.52 bits per heavy atom. The first-order chi connectivity index (χ1) is 11.9. The van der Waals surface area contributed by atoms with Crippen LogP contribution in [0.1, 0.15) is 30.4 Å². The van der Waals surface area contributed by atoms with E-state index in [9.17, 15) is 13.2 Å². The molecule has 3 aromatic rings. The molecule has 1 heterocycles. The molecule has 2 aromatic carbocycles. The number of halogens is 3. The second-order valence-electron chi connectivity index (χ2n) is 6.44. The second kappa shape index (κ2) is 5.44. The molecule has 3 N–H and O–H groups in total. The molecule has 25 heavy (non-hydrogen) atoms. The van der Waals surface area contributed by atoms with Crippen molar-refractivity contribution in [2.45, 2.75) is 31.0 Å². The number of aromatic nitrogens is 1. The number of hydrogen-bond acceptors (Lipinski definition) is 2. The van der Waals surface area contributed by atoms with Gasteiger partial charge < -0.3 is 15.5 Å². The summed E-state index contributed by atoms with van der Waals surface area (Å²) in [6.45, 7) is 0. The third kappa shape index (κ3) is 2.62. The molecular weight excluding hydrogens is 329 g/mol. The van der Waals surface area contributed by atoms with E-state index in [1.165, 1.54) is 12.1 Å². The summed E-state index contributed by atoms with van der Waals surface area (Å²) >= 11 is 0. The summed E-state index contributed by atoms with van der Waals surface area (Å²) in [5.41, 5.74) is 6.00. The molecule has 3 nitrogen and oxygen atoms in total. The number of anilines is 1. The Balaban J connectivity index is 1.75. The van der Waals surface area contributed by atoms with Crippen molar-refractivity contribution in [1.82, 2.24) is 4.98 Å². The Kier molecular flexibility index (Phi) is 3.45. The van der Waals surface area contributed by atoms with Crippen LogP contribution in [0.5, 0.6) is 5.75 Å². The highest BCUT2D eigenvalue weighted by Crippen LogP contribution is 2.49. The Morgan fingerprint density at radius 2 is 1.84 bits per heavy atom. The standard InChI is InChI=1S/C19H17F3N2O/c20-19(21,22)15-5-2-1-4-14(15)18(8-3-9-18)25-12-6-7-17-13(10-12)16(23)11-24-17/h1-2,4-7,10-11,24H,3,8-9,23H2. The van der Waals surface area contributed by atoms with Gasteiger partial charge in [-0.25, -0.2) is 0 Å². The number of alkyl halides is 3. The molecule has 0 atom stereocenters. The maximum atomic E-state index is 13.4. The monoisotopic (exact) mass is 346 g/mol. The van der Waals surface area contributed by atoms with E-state index >= 15 is 0 Å². The summed E-state index contributed by atoms with van der Waals surface area (Å²) in [5, 5.41) is 0.802. The van der Waals surface area contributed by atoms with Crippen LogP contribution in [0, 0.1) is 0 Å². The third-order valence-corrected chi connectivity index (χ3v) is 4.88. The Bertz CT molecular complexity index is 926. The number of nitrogen functional groups attached to an aromatic ring is 1. The maximum absolute atomic E-state index is 13.4. The molecule has 0 bridgehead atoms.